The van der Waals surface area contributed by atoms with Crippen LogP contribution in [0.2, 0.25) is 5.02 Å². The number of pyridine rings is 1. The third kappa shape index (κ3) is 5.49. The quantitative estimate of drug-likeness (QED) is 0.261. The van der Waals surface area contributed by atoms with Gasteiger partial charge >= 0.3 is 6.01 Å². The highest BCUT2D eigenvalue weighted by Crippen LogP contribution is 2.50. The third-order valence-electron chi connectivity index (χ3n) is 11.2. The average molecular weight is 680 g/mol. The van der Waals surface area contributed by atoms with E-state index in [1.54, 1.807) is 26.4 Å². The Hall–Kier alpha value is -3.16. The van der Waals surface area contributed by atoms with Crippen LogP contribution < -0.4 is 9.64 Å². The molecule has 2 aliphatic carbocycles. The molecule has 0 spiro atoms. The molecule has 2 aliphatic heterocycles. The zero-order valence-corrected chi connectivity index (χ0v) is 28.5. The number of likely N-dealkylation sites (tertiary alicyclic amines) is 1. The van der Waals surface area contributed by atoms with Gasteiger partial charge in [-0.25, -0.2) is 4.39 Å². The lowest BCUT2D eigenvalue weighted by molar-refractivity contribution is -0.0845. The Morgan fingerprint density at radius 3 is 2.83 bits per heavy atom. The number of H-pyrrole nitrogens is 1. The van der Waals surface area contributed by atoms with Gasteiger partial charge in [-0.3, -0.25) is 15.0 Å². The van der Waals surface area contributed by atoms with Gasteiger partial charge in [0.1, 0.15) is 22.6 Å². The fourth-order valence-electron chi connectivity index (χ4n) is 8.70. The van der Waals surface area contributed by atoms with Crippen molar-refractivity contribution in [3.8, 4) is 17.3 Å². The van der Waals surface area contributed by atoms with E-state index in [9.17, 15) is 5.11 Å². The smallest absolute Gasteiger partial charge is 0.319 e. The molecule has 48 heavy (non-hydrogen) atoms. The van der Waals surface area contributed by atoms with Gasteiger partial charge in [0, 0.05) is 48.3 Å². The number of piperidine rings is 1. The molecular formula is C35H43ClFN7O4. The highest BCUT2D eigenvalue weighted by Gasteiger charge is 2.51. The maximum atomic E-state index is 16.9. The summed E-state index contributed by atoms with van der Waals surface area (Å²) in [5, 5.41) is 19.7. The number of aromatic nitrogens is 5. The molecule has 4 aromatic rings. The molecule has 3 aromatic heterocycles. The molecule has 5 heterocycles. The first kappa shape index (κ1) is 32.1. The Bertz CT molecular complexity index is 1850. The average Bonchev–Trinajstić information content (AvgIpc) is 3.65. The SMILES string of the molecule is COC1CC(N2CCC[C@@]3(COc4nc(N5CCOC[C@@](C)(O)C5)c5cnc(-c6c(Cl)c(C)cc7[nH]ncc67)c(F)c5n4)CCC[C@@H]23)C1. The molecular weight excluding hydrogens is 637 g/mol. The number of anilines is 1. The number of hydrogen-bond donors (Lipinski definition) is 2. The summed E-state index contributed by atoms with van der Waals surface area (Å²) in [6, 6.07) is 2.98. The van der Waals surface area contributed by atoms with Crippen molar-refractivity contribution in [1.82, 2.24) is 30.0 Å². The summed E-state index contributed by atoms with van der Waals surface area (Å²) < 4.78 is 34.8. The van der Waals surface area contributed by atoms with Crippen molar-refractivity contribution < 1.29 is 23.7 Å². The maximum absolute atomic E-state index is 16.9. The Kier molecular flexibility index (Phi) is 8.23. The van der Waals surface area contributed by atoms with Crippen LogP contribution in [0.25, 0.3) is 33.1 Å². The lowest BCUT2D eigenvalue weighted by Gasteiger charge is -2.53. The normalized spacial score (nSPS) is 29.6. The second-order valence-electron chi connectivity index (χ2n) is 14.6. The first-order chi connectivity index (χ1) is 23.2. The van der Waals surface area contributed by atoms with Crippen molar-refractivity contribution in [2.45, 2.75) is 82.6 Å². The minimum absolute atomic E-state index is 0.0149. The van der Waals surface area contributed by atoms with Crippen molar-refractivity contribution >= 4 is 39.2 Å². The number of fused-ring (bicyclic) bond motifs is 3. The van der Waals surface area contributed by atoms with Gasteiger partial charge in [-0.15, -0.1) is 0 Å². The van der Waals surface area contributed by atoms with Gasteiger partial charge in [0.25, 0.3) is 0 Å². The van der Waals surface area contributed by atoms with Gasteiger partial charge < -0.3 is 24.2 Å². The van der Waals surface area contributed by atoms with Crippen LogP contribution in [0.4, 0.5) is 10.2 Å². The van der Waals surface area contributed by atoms with Gasteiger partial charge in [0.2, 0.25) is 0 Å². The van der Waals surface area contributed by atoms with Crippen LogP contribution in [0.1, 0.15) is 57.4 Å². The topological polar surface area (TPSA) is 122 Å². The molecule has 0 radical (unpaired) electrons. The van der Waals surface area contributed by atoms with Crippen LogP contribution >= 0.6 is 11.6 Å². The van der Waals surface area contributed by atoms with E-state index in [1.165, 1.54) is 0 Å². The van der Waals surface area contributed by atoms with Crippen LogP contribution in [-0.4, -0.2) is 106 Å². The van der Waals surface area contributed by atoms with Crippen LogP contribution in [0.15, 0.2) is 18.5 Å². The van der Waals surface area contributed by atoms with Gasteiger partial charge in [0.05, 0.1) is 54.6 Å². The van der Waals surface area contributed by atoms with Crippen LogP contribution in [0.3, 0.4) is 0 Å². The third-order valence-corrected chi connectivity index (χ3v) is 11.7. The zero-order chi connectivity index (χ0) is 33.2. The number of methoxy groups -OCH3 is 1. The van der Waals surface area contributed by atoms with E-state index >= 15 is 4.39 Å². The van der Waals surface area contributed by atoms with Gasteiger partial charge in [-0.05, 0) is 70.5 Å². The fraction of sp³-hybridized carbons (Fsp3) is 0.600. The summed E-state index contributed by atoms with van der Waals surface area (Å²) in [6.45, 7) is 6.42. The van der Waals surface area contributed by atoms with Crippen LogP contribution in [-0.2, 0) is 9.47 Å². The second kappa shape index (κ2) is 12.3. The number of ether oxygens (including phenoxy) is 3. The summed E-state index contributed by atoms with van der Waals surface area (Å²) >= 11 is 6.81. The molecule has 2 N–H and O–H groups in total. The molecule has 256 valence electrons. The van der Waals surface area contributed by atoms with Crippen molar-refractivity contribution in [1.29, 1.82) is 0 Å². The van der Waals surface area contributed by atoms with E-state index in [1.807, 2.05) is 17.9 Å². The van der Waals surface area contributed by atoms with Crippen LogP contribution in [0, 0.1) is 18.2 Å². The number of benzene rings is 1. The molecule has 0 unspecified atom stereocenters. The highest BCUT2D eigenvalue weighted by atomic mass is 35.5. The number of rotatable bonds is 7. The van der Waals surface area contributed by atoms with E-state index in [-0.39, 0.29) is 35.8 Å². The lowest BCUT2D eigenvalue weighted by Crippen LogP contribution is -2.59. The minimum atomic E-state index is -1.13. The fourth-order valence-corrected chi connectivity index (χ4v) is 8.95. The van der Waals surface area contributed by atoms with E-state index in [2.05, 4.69) is 20.1 Å². The van der Waals surface area contributed by atoms with Crippen LogP contribution in [0.5, 0.6) is 6.01 Å². The Morgan fingerprint density at radius 2 is 2.00 bits per heavy atom. The standard InChI is InChI=1S/C35H43ClFN7O4/c1-20-12-25-23(16-39-42-25)27(28(20)36)31-29(37)30-24(15-38-31)32(43-10-11-47-18-34(2,45)17-43)41-33(40-30)48-19-35-7-4-6-26(35)44(9-5-8-35)21-13-22(14-21)46-3/h12,15-16,21-22,26,45H,4-11,13-14,17-19H2,1-3H3,(H,39,42)/t21?,22?,26-,34+,35-/m1/s1. The number of β-amino-alcohol motifs (C(OH)–C–C–N with tert-alkyl or cyclic N) is 1. The monoisotopic (exact) mass is 679 g/mol. The van der Waals surface area contributed by atoms with E-state index in [4.69, 9.17) is 35.8 Å². The molecule has 0 amide bonds. The zero-order valence-electron chi connectivity index (χ0n) is 27.8. The van der Waals surface area contributed by atoms with E-state index in [0.717, 1.165) is 62.6 Å². The molecule has 3 atom stereocenters. The first-order valence-corrected chi connectivity index (χ1v) is 17.5. The van der Waals surface area contributed by atoms with Crippen molar-refractivity contribution in [2.75, 3.05) is 51.5 Å². The number of aryl methyl sites for hydroxylation is 1. The molecule has 11 nitrogen and oxygen atoms in total. The number of aliphatic hydroxyl groups is 1. The summed E-state index contributed by atoms with van der Waals surface area (Å²) in [4.78, 5) is 18.9. The lowest BCUT2D eigenvalue weighted by atomic mass is 9.73. The number of nitrogens with zero attached hydrogens (tertiary/aromatic N) is 6. The predicted molar refractivity (Wildman–Crippen MR) is 181 cm³/mol. The van der Waals surface area contributed by atoms with E-state index < -0.39 is 11.4 Å². The number of nitrogens with one attached hydrogen (secondary N) is 1. The summed E-state index contributed by atoms with van der Waals surface area (Å²) in [5.41, 5.74) is 0.984. The molecule has 4 fully saturated rings. The van der Waals surface area contributed by atoms with Crippen molar-refractivity contribution in [2.24, 2.45) is 5.41 Å². The number of aromatic amines is 1. The first-order valence-electron chi connectivity index (χ1n) is 17.1. The molecule has 8 rings (SSSR count). The number of hydrogen-bond acceptors (Lipinski definition) is 10. The van der Waals surface area contributed by atoms with Crippen molar-refractivity contribution in [3.63, 3.8) is 0 Å². The molecule has 2 saturated carbocycles. The predicted octanol–water partition coefficient (Wildman–Crippen LogP) is 5.45. The molecule has 2 saturated heterocycles. The molecule has 1 aromatic carbocycles. The van der Waals surface area contributed by atoms with Gasteiger partial charge in [0.15, 0.2) is 5.82 Å². The Morgan fingerprint density at radius 1 is 1.17 bits per heavy atom. The Balaban J connectivity index is 1.19. The van der Waals surface area contributed by atoms with E-state index in [0.29, 0.717) is 65.1 Å². The second-order valence-corrected chi connectivity index (χ2v) is 15.0. The number of halogens is 2. The summed E-state index contributed by atoms with van der Waals surface area (Å²) in [7, 11) is 1.80. The maximum Gasteiger partial charge on any atom is 0.319 e. The molecule has 13 heteroatoms. The summed E-state index contributed by atoms with van der Waals surface area (Å²) in [5.74, 6) is -0.166. The van der Waals surface area contributed by atoms with Gasteiger partial charge in [-0.1, -0.05) is 18.0 Å². The minimum Gasteiger partial charge on any atom is -0.463 e. The molecule has 4 aliphatic rings. The largest absolute Gasteiger partial charge is 0.463 e. The Labute approximate surface area is 284 Å². The van der Waals surface area contributed by atoms with Crippen molar-refractivity contribution in [3.05, 3.63) is 34.9 Å². The highest BCUT2D eigenvalue weighted by molar-refractivity contribution is 6.35. The summed E-state index contributed by atoms with van der Waals surface area (Å²) in [6.07, 6.45) is 11.3. The molecule has 0 bridgehead atoms. The van der Waals surface area contributed by atoms with Gasteiger partial charge in [-0.2, -0.15) is 15.1 Å².